The molecule has 1 aliphatic heterocycles. The Morgan fingerprint density at radius 1 is 1.19 bits per heavy atom. The zero-order chi connectivity index (χ0) is 14.7. The Morgan fingerprint density at radius 2 is 1.95 bits per heavy atom. The number of aromatic nitrogens is 2. The Bertz CT molecular complexity index is 569. The number of ether oxygens (including phenoxy) is 1. The molecule has 1 fully saturated rings. The van der Waals surface area contributed by atoms with Gasteiger partial charge in [-0.1, -0.05) is 5.16 Å². The van der Waals surface area contributed by atoms with Crippen LogP contribution < -0.4 is 4.90 Å². The predicted molar refractivity (Wildman–Crippen MR) is 81.5 cm³/mol. The lowest BCUT2D eigenvalue weighted by Gasteiger charge is -2.20. The molecule has 1 saturated heterocycles. The molecule has 3 rings (SSSR count). The van der Waals surface area contributed by atoms with Gasteiger partial charge in [-0.15, -0.1) is 0 Å². The maximum Gasteiger partial charge on any atom is 0.257 e. The van der Waals surface area contributed by atoms with Crippen molar-refractivity contribution >= 4 is 5.69 Å². The summed E-state index contributed by atoms with van der Waals surface area (Å²) >= 11 is 0. The summed E-state index contributed by atoms with van der Waals surface area (Å²) in [5.74, 6) is 1.62. The summed E-state index contributed by atoms with van der Waals surface area (Å²) in [6.07, 6.45) is 0.972. The third-order valence-electron chi connectivity index (χ3n) is 3.98. The molecule has 2 aromatic rings. The van der Waals surface area contributed by atoms with Crippen LogP contribution >= 0.6 is 0 Å². The molecule has 1 aromatic carbocycles. The first-order valence-corrected chi connectivity index (χ1v) is 7.58. The topological polar surface area (TPSA) is 51.4 Å². The minimum absolute atomic E-state index is 0.275. The van der Waals surface area contributed by atoms with Gasteiger partial charge in [-0.25, -0.2) is 0 Å². The number of rotatable bonds is 5. The highest BCUT2D eigenvalue weighted by Gasteiger charge is 2.23. The van der Waals surface area contributed by atoms with Crippen molar-refractivity contribution in [3.05, 3.63) is 30.1 Å². The molecule has 0 radical (unpaired) electrons. The van der Waals surface area contributed by atoms with Crippen LogP contribution in [-0.2, 0) is 4.74 Å². The minimum Gasteiger partial charge on any atom is -0.381 e. The Balaban J connectivity index is 1.77. The van der Waals surface area contributed by atoms with Gasteiger partial charge in [0, 0.05) is 36.9 Å². The van der Waals surface area contributed by atoms with Crippen molar-refractivity contribution in [2.45, 2.75) is 26.2 Å². The van der Waals surface area contributed by atoms with Gasteiger partial charge in [0.05, 0.1) is 6.61 Å². The molecule has 0 aliphatic carbocycles. The summed E-state index contributed by atoms with van der Waals surface area (Å²) < 4.78 is 10.8. The van der Waals surface area contributed by atoms with E-state index in [1.54, 1.807) is 0 Å². The fourth-order valence-corrected chi connectivity index (χ4v) is 2.66. The zero-order valence-corrected chi connectivity index (χ0v) is 12.6. The molecule has 5 heteroatoms. The van der Waals surface area contributed by atoms with Gasteiger partial charge in [-0.2, -0.15) is 4.98 Å². The van der Waals surface area contributed by atoms with Gasteiger partial charge in [-0.05, 0) is 44.5 Å². The lowest BCUT2D eigenvalue weighted by atomic mass is 10.1. The molecule has 0 spiro atoms. The highest BCUT2D eigenvalue weighted by molar-refractivity contribution is 5.59. The quantitative estimate of drug-likeness (QED) is 0.846. The number of hydrogen-bond acceptors (Lipinski definition) is 5. The van der Waals surface area contributed by atoms with Gasteiger partial charge in [0.1, 0.15) is 0 Å². The first-order valence-electron chi connectivity index (χ1n) is 7.58. The first-order chi connectivity index (χ1) is 10.3. The van der Waals surface area contributed by atoms with Crippen LogP contribution in [0.3, 0.4) is 0 Å². The number of benzene rings is 1. The minimum atomic E-state index is 0.275. The second kappa shape index (κ2) is 6.26. The Kier molecular flexibility index (Phi) is 4.20. The molecule has 1 aromatic heterocycles. The molecule has 5 nitrogen and oxygen atoms in total. The Labute approximate surface area is 124 Å². The normalized spacial score (nSPS) is 18.1. The second-order valence-electron chi connectivity index (χ2n) is 5.24. The maximum atomic E-state index is 5.39. The third-order valence-corrected chi connectivity index (χ3v) is 3.98. The number of anilines is 1. The van der Waals surface area contributed by atoms with Crippen molar-refractivity contribution < 1.29 is 9.26 Å². The van der Waals surface area contributed by atoms with E-state index >= 15 is 0 Å². The van der Waals surface area contributed by atoms with Crippen LogP contribution in [0.15, 0.2) is 28.8 Å². The van der Waals surface area contributed by atoms with Crippen LogP contribution in [0.1, 0.15) is 32.0 Å². The van der Waals surface area contributed by atoms with E-state index in [-0.39, 0.29) is 5.92 Å². The van der Waals surface area contributed by atoms with Gasteiger partial charge < -0.3 is 14.2 Å². The Hall–Kier alpha value is -1.88. The molecule has 0 bridgehead atoms. The van der Waals surface area contributed by atoms with E-state index in [1.165, 1.54) is 5.69 Å². The second-order valence-corrected chi connectivity index (χ2v) is 5.24. The molecule has 112 valence electrons. The smallest absolute Gasteiger partial charge is 0.257 e. The van der Waals surface area contributed by atoms with Gasteiger partial charge in [0.15, 0.2) is 5.82 Å². The molecule has 0 saturated carbocycles. The van der Waals surface area contributed by atoms with Crippen LogP contribution in [0.4, 0.5) is 5.69 Å². The SMILES string of the molecule is CCN(CC)c1ccc(-c2nc(C3CCOC3)no2)cc1. The van der Waals surface area contributed by atoms with E-state index in [9.17, 15) is 0 Å². The molecule has 1 atom stereocenters. The number of hydrogen-bond donors (Lipinski definition) is 0. The van der Waals surface area contributed by atoms with Crippen molar-refractivity contribution in [3.8, 4) is 11.5 Å². The lowest BCUT2D eigenvalue weighted by Crippen LogP contribution is -2.21. The molecule has 21 heavy (non-hydrogen) atoms. The van der Waals surface area contributed by atoms with Crippen molar-refractivity contribution in [2.75, 3.05) is 31.2 Å². The molecule has 1 unspecified atom stereocenters. The van der Waals surface area contributed by atoms with Crippen LogP contribution in [0, 0.1) is 0 Å². The summed E-state index contributed by atoms with van der Waals surface area (Å²) in [6, 6.07) is 8.28. The third kappa shape index (κ3) is 2.93. The molecule has 1 aliphatic rings. The van der Waals surface area contributed by atoms with E-state index in [0.717, 1.165) is 37.5 Å². The average molecular weight is 287 g/mol. The van der Waals surface area contributed by atoms with Gasteiger partial charge >= 0.3 is 0 Å². The van der Waals surface area contributed by atoms with Crippen LogP contribution in [0.25, 0.3) is 11.5 Å². The van der Waals surface area contributed by atoms with Crippen molar-refractivity contribution in [1.29, 1.82) is 0 Å². The van der Waals surface area contributed by atoms with Crippen LogP contribution in [-0.4, -0.2) is 36.4 Å². The fraction of sp³-hybridized carbons (Fsp3) is 0.500. The fourth-order valence-electron chi connectivity index (χ4n) is 2.66. The van der Waals surface area contributed by atoms with E-state index in [0.29, 0.717) is 12.5 Å². The highest BCUT2D eigenvalue weighted by atomic mass is 16.5. The van der Waals surface area contributed by atoms with Crippen molar-refractivity contribution in [1.82, 2.24) is 10.1 Å². The molecule has 0 N–H and O–H groups in total. The summed E-state index contributed by atoms with van der Waals surface area (Å²) in [4.78, 5) is 6.81. The highest BCUT2D eigenvalue weighted by Crippen LogP contribution is 2.26. The molecule has 0 amide bonds. The summed E-state index contributed by atoms with van der Waals surface area (Å²) in [6.45, 7) is 7.80. The molecule has 2 heterocycles. The zero-order valence-electron chi connectivity index (χ0n) is 12.6. The van der Waals surface area contributed by atoms with E-state index in [4.69, 9.17) is 9.26 Å². The number of nitrogens with zero attached hydrogens (tertiary/aromatic N) is 3. The summed E-state index contributed by atoms with van der Waals surface area (Å²) in [5, 5.41) is 4.09. The van der Waals surface area contributed by atoms with Gasteiger partial charge in [0.2, 0.25) is 0 Å². The molecular formula is C16H21N3O2. The average Bonchev–Trinajstić information content (AvgIpc) is 3.20. The van der Waals surface area contributed by atoms with E-state index < -0.39 is 0 Å². The Morgan fingerprint density at radius 3 is 2.57 bits per heavy atom. The van der Waals surface area contributed by atoms with Crippen LogP contribution in [0.5, 0.6) is 0 Å². The first kappa shape index (κ1) is 14.1. The van der Waals surface area contributed by atoms with Gasteiger partial charge in [-0.3, -0.25) is 0 Å². The lowest BCUT2D eigenvalue weighted by molar-refractivity contribution is 0.192. The van der Waals surface area contributed by atoms with Crippen LogP contribution in [0.2, 0.25) is 0 Å². The monoisotopic (exact) mass is 287 g/mol. The van der Waals surface area contributed by atoms with Gasteiger partial charge in [0.25, 0.3) is 5.89 Å². The molecular weight excluding hydrogens is 266 g/mol. The standard InChI is InChI=1S/C16H21N3O2/c1-3-19(4-2)14-7-5-12(6-8-14)16-17-15(18-21-16)13-9-10-20-11-13/h5-8,13H,3-4,9-11H2,1-2H3. The predicted octanol–water partition coefficient (Wildman–Crippen LogP) is 3.09. The maximum absolute atomic E-state index is 5.39. The summed E-state index contributed by atoms with van der Waals surface area (Å²) in [5.41, 5.74) is 2.18. The van der Waals surface area contributed by atoms with E-state index in [1.807, 2.05) is 12.1 Å². The summed E-state index contributed by atoms with van der Waals surface area (Å²) in [7, 11) is 0. The van der Waals surface area contributed by atoms with Crippen molar-refractivity contribution in [2.24, 2.45) is 0 Å². The van der Waals surface area contributed by atoms with Crippen molar-refractivity contribution in [3.63, 3.8) is 0 Å². The largest absolute Gasteiger partial charge is 0.381 e. The van der Waals surface area contributed by atoms with E-state index in [2.05, 4.69) is 41.0 Å².